The number of hydrogen-bond acceptors (Lipinski definition) is 2. The Morgan fingerprint density at radius 1 is 1.21 bits per heavy atom. The Bertz CT molecular complexity index is 777. The topological polar surface area (TPSA) is 34.9 Å². The zero-order chi connectivity index (χ0) is 13.4. The third-order valence-corrected chi connectivity index (χ3v) is 3.16. The summed E-state index contributed by atoms with van der Waals surface area (Å²) in [6, 6.07) is 11.8. The number of hydrogen-bond donors (Lipinski definition) is 0. The lowest BCUT2D eigenvalue weighted by Gasteiger charge is -2.03. The van der Waals surface area contributed by atoms with Crippen LogP contribution in [0.15, 0.2) is 42.5 Å². The van der Waals surface area contributed by atoms with Gasteiger partial charge in [-0.3, -0.25) is 4.79 Å². The summed E-state index contributed by atoms with van der Waals surface area (Å²) in [6.45, 7) is 0. The number of fused-ring (bicyclic) bond motifs is 1. The summed E-state index contributed by atoms with van der Waals surface area (Å²) < 4.78 is 15.6. The Hall–Kier alpha value is -2.49. The Balaban J connectivity index is 2.28. The molecule has 0 unspecified atom stereocenters. The van der Waals surface area contributed by atoms with Gasteiger partial charge in [-0.05, 0) is 30.3 Å². The fraction of sp³-hybridized carbons (Fsp3) is 0.0667. The molecule has 0 aliphatic heterocycles. The normalized spacial score (nSPS) is 10.8. The Kier molecular flexibility index (Phi) is 2.63. The lowest BCUT2D eigenvalue weighted by Crippen LogP contribution is -1.94. The van der Waals surface area contributed by atoms with E-state index in [4.69, 9.17) is 0 Å². The molecule has 94 valence electrons. The van der Waals surface area contributed by atoms with Gasteiger partial charge in [0.25, 0.3) is 0 Å². The molecular formula is C15H11FN2O. The van der Waals surface area contributed by atoms with Crippen LogP contribution in [0, 0.1) is 5.82 Å². The van der Waals surface area contributed by atoms with Crippen molar-refractivity contribution in [2.24, 2.45) is 7.05 Å². The van der Waals surface area contributed by atoms with Crippen molar-refractivity contribution in [2.75, 3.05) is 0 Å². The average molecular weight is 254 g/mol. The summed E-state index contributed by atoms with van der Waals surface area (Å²) in [5.74, 6) is 0.243. The maximum Gasteiger partial charge on any atom is 0.150 e. The molecule has 0 aliphatic carbocycles. The highest BCUT2D eigenvalue weighted by Crippen LogP contribution is 2.25. The van der Waals surface area contributed by atoms with Crippen molar-refractivity contribution in [2.45, 2.75) is 0 Å². The maximum atomic E-state index is 13.8. The van der Waals surface area contributed by atoms with Crippen molar-refractivity contribution >= 4 is 17.3 Å². The lowest BCUT2D eigenvalue weighted by atomic mass is 10.2. The number of aldehydes is 1. The second-order valence-corrected chi connectivity index (χ2v) is 4.34. The van der Waals surface area contributed by atoms with Gasteiger partial charge in [-0.1, -0.05) is 12.1 Å². The summed E-state index contributed by atoms with van der Waals surface area (Å²) in [7, 11) is 1.83. The van der Waals surface area contributed by atoms with Gasteiger partial charge in [0, 0.05) is 12.6 Å². The fourth-order valence-electron chi connectivity index (χ4n) is 2.17. The van der Waals surface area contributed by atoms with Crippen molar-refractivity contribution in [3.8, 4) is 11.4 Å². The molecule has 0 aliphatic rings. The van der Waals surface area contributed by atoms with Gasteiger partial charge in [0.15, 0.2) is 0 Å². The molecule has 4 heteroatoms. The average Bonchev–Trinajstić information content (AvgIpc) is 2.76. The van der Waals surface area contributed by atoms with Gasteiger partial charge in [0.05, 0.1) is 16.6 Å². The molecule has 19 heavy (non-hydrogen) atoms. The Morgan fingerprint density at radius 3 is 2.74 bits per heavy atom. The largest absolute Gasteiger partial charge is 0.327 e. The van der Waals surface area contributed by atoms with E-state index in [1.807, 2.05) is 17.7 Å². The van der Waals surface area contributed by atoms with Gasteiger partial charge in [0.1, 0.15) is 17.9 Å². The van der Waals surface area contributed by atoms with E-state index in [1.54, 1.807) is 30.3 Å². The van der Waals surface area contributed by atoms with Crippen LogP contribution in [0.4, 0.5) is 4.39 Å². The summed E-state index contributed by atoms with van der Waals surface area (Å²) >= 11 is 0. The number of aryl methyl sites for hydroxylation is 1. The summed E-state index contributed by atoms with van der Waals surface area (Å²) in [5.41, 5.74) is 2.56. The van der Waals surface area contributed by atoms with Gasteiger partial charge in [-0.25, -0.2) is 9.37 Å². The van der Waals surface area contributed by atoms with Crippen molar-refractivity contribution in [1.82, 2.24) is 9.55 Å². The standard InChI is InChI=1S/C15H11FN2O/c1-18-14-7-6-10(9-19)8-13(14)17-15(18)11-4-2-3-5-12(11)16/h2-9H,1H3. The van der Waals surface area contributed by atoms with Gasteiger partial charge in [0.2, 0.25) is 0 Å². The number of rotatable bonds is 2. The highest BCUT2D eigenvalue weighted by molar-refractivity contribution is 5.87. The summed E-state index contributed by atoms with van der Waals surface area (Å²) in [4.78, 5) is 15.2. The minimum absolute atomic E-state index is 0.309. The number of imidazole rings is 1. The van der Waals surface area contributed by atoms with Crippen LogP contribution in [0.5, 0.6) is 0 Å². The number of benzene rings is 2. The first-order valence-electron chi connectivity index (χ1n) is 5.87. The van der Waals surface area contributed by atoms with Crippen LogP contribution in [-0.2, 0) is 7.05 Å². The fourth-order valence-corrected chi connectivity index (χ4v) is 2.17. The molecule has 0 saturated heterocycles. The number of nitrogens with zero attached hydrogens (tertiary/aromatic N) is 2. The SMILES string of the molecule is Cn1c(-c2ccccc2F)nc2cc(C=O)ccc21. The monoisotopic (exact) mass is 254 g/mol. The van der Waals surface area contributed by atoms with Gasteiger partial charge >= 0.3 is 0 Å². The lowest BCUT2D eigenvalue weighted by molar-refractivity contribution is 0.112. The van der Waals surface area contributed by atoms with Crippen molar-refractivity contribution in [3.05, 3.63) is 53.8 Å². The molecule has 0 amide bonds. The first-order valence-corrected chi connectivity index (χ1v) is 5.87. The van der Waals surface area contributed by atoms with E-state index in [1.165, 1.54) is 6.07 Å². The molecule has 0 fully saturated rings. The molecule has 0 bridgehead atoms. The van der Waals surface area contributed by atoms with E-state index in [0.29, 0.717) is 22.5 Å². The number of carbonyl (C=O) groups excluding carboxylic acids is 1. The molecule has 3 aromatic rings. The number of carbonyl (C=O) groups is 1. The molecule has 3 rings (SSSR count). The molecular weight excluding hydrogens is 243 g/mol. The second kappa shape index (κ2) is 4.31. The molecule has 1 heterocycles. The zero-order valence-corrected chi connectivity index (χ0v) is 10.3. The van der Waals surface area contributed by atoms with Gasteiger partial charge in [-0.15, -0.1) is 0 Å². The predicted molar refractivity (Wildman–Crippen MR) is 71.5 cm³/mol. The first-order chi connectivity index (χ1) is 9.20. The van der Waals surface area contributed by atoms with Crippen LogP contribution in [0.2, 0.25) is 0 Å². The Labute approximate surface area is 109 Å². The molecule has 3 nitrogen and oxygen atoms in total. The van der Waals surface area contributed by atoms with E-state index in [2.05, 4.69) is 4.98 Å². The van der Waals surface area contributed by atoms with Gasteiger partial charge < -0.3 is 4.57 Å². The molecule has 0 saturated carbocycles. The van der Waals surface area contributed by atoms with E-state index in [9.17, 15) is 9.18 Å². The van der Waals surface area contributed by atoms with Crippen molar-refractivity contribution in [1.29, 1.82) is 0 Å². The third-order valence-electron chi connectivity index (χ3n) is 3.16. The van der Waals surface area contributed by atoms with Crippen molar-refractivity contribution in [3.63, 3.8) is 0 Å². The maximum absolute atomic E-state index is 13.8. The second-order valence-electron chi connectivity index (χ2n) is 4.34. The molecule has 1 aromatic heterocycles. The molecule has 0 N–H and O–H groups in total. The van der Waals surface area contributed by atoms with Crippen molar-refractivity contribution < 1.29 is 9.18 Å². The zero-order valence-electron chi connectivity index (χ0n) is 10.3. The molecule has 0 spiro atoms. The highest BCUT2D eigenvalue weighted by Gasteiger charge is 2.13. The predicted octanol–water partition coefficient (Wildman–Crippen LogP) is 3.19. The molecule has 0 radical (unpaired) electrons. The van der Waals surface area contributed by atoms with Gasteiger partial charge in [-0.2, -0.15) is 0 Å². The van der Waals surface area contributed by atoms with Crippen LogP contribution in [0.1, 0.15) is 10.4 Å². The van der Waals surface area contributed by atoms with Crippen LogP contribution in [0.3, 0.4) is 0 Å². The van der Waals surface area contributed by atoms with Crippen LogP contribution in [0.25, 0.3) is 22.4 Å². The highest BCUT2D eigenvalue weighted by atomic mass is 19.1. The third kappa shape index (κ3) is 1.81. The number of halogens is 1. The quantitative estimate of drug-likeness (QED) is 0.658. The summed E-state index contributed by atoms with van der Waals surface area (Å²) in [5, 5.41) is 0. The number of aromatic nitrogens is 2. The molecule has 0 atom stereocenters. The Morgan fingerprint density at radius 2 is 2.00 bits per heavy atom. The van der Waals surface area contributed by atoms with E-state index < -0.39 is 0 Å². The summed E-state index contributed by atoms with van der Waals surface area (Å²) in [6.07, 6.45) is 0.775. The van der Waals surface area contributed by atoms with E-state index >= 15 is 0 Å². The van der Waals surface area contributed by atoms with Crippen LogP contribution >= 0.6 is 0 Å². The molecule has 2 aromatic carbocycles. The van der Waals surface area contributed by atoms with Crippen LogP contribution in [-0.4, -0.2) is 15.8 Å². The van der Waals surface area contributed by atoms with E-state index in [0.717, 1.165) is 11.8 Å². The smallest absolute Gasteiger partial charge is 0.150 e. The first kappa shape index (κ1) is 11.6. The van der Waals surface area contributed by atoms with E-state index in [-0.39, 0.29) is 5.82 Å². The minimum Gasteiger partial charge on any atom is -0.327 e. The minimum atomic E-state index is -0.309. The van der Waals surface area contributed by atoms with Crippen LogP contribution < -0.4 is 0 Å².